The van der Waals surface area contributed by atoms with Gasteiger partial charge in [0.05, 0.1) is 11.3 Å². The van der Waals surface area contributed by atoms with Crippen molar-refractivity contribution in [2.24, 2.45) is 13.0 Å². The summed E-state index contributed by atoms with van der Waals surface area (Å²) in [6.07, 6.45) is -1.86. The number of likely N-dealkylation sites (tertiary alicyclic amines) is 1. The summed E-state index contributed by atoms with van der Waals surface area (Å²) in [7, 11) is 1.92. The Labute approximate surface area is 194 Å². The fourth-order valence-electron chi connectivity index (χ4n) is 4.65. The summed E-state index contributed by atoms with van der Waals surface area (Å²) < 4.78 is 45.8. The van der Waals surface area contributed by atoms with Gasteiger partial charge in [0, 0.05) is 50.1 Å². The molecule has 0 bridgehead atoms. The van der Waals surface area contributed by atoms with Crippen LogP contribution in [0, 0.1) is 12.8 Å². The average molecular weight is 479 g/mol. The molecule has 7 nitrogen and oxygen atoms in total. The van der Waals surface area contributed by atoms with Gasteiger partial charge in [-0.2, -0.15) is 13.2 Å². The number of hydrogen-bond donors (Lipinski definition) is 0. The van der Waals surface area contributed by atoms with Crippen molar-refractivity contribution < 1.29 is 17.6 Å². The summed E-state index contributed by atoms with van der Waals surface area (Å²) in [6.45, 7) is 5.78. The van der Waals surface area contributed by atoms with Gasteiger partial charge in [0.2, 0.25) is 5.82 Å². The van der Waals surface area contributed by atoms with Crippen LogP contribution in [0.2, 0.25) is 0 Å². The second kappa shape index (κ2) is 8.68. The second-order valence-corrected chi connectivity index (χ2v) is 9.68. The minimum atomic E-state index is -4.29. The van der Waals surface area contributed by atoms with Crippen LogP contribution < -0.4 is 4.90 Å². The van der Waals surface area contributed by atoms with Gasteiger partial charge in [-0.1, -0.05) is 11.8 Å². The molecule has 2 aromatic heterocycles. The van der Waals surface area contributed by atoms with Crippen molar-refractivity contribution in [3.63, 3.8) is 0 Å². The van der Waals surface area contributed by atoms with E-state index in [9.17, 15) is 13.2 Å². The minimum absolute atomic E-state index is 0.390. The first-order valence-corrected chi connectivity index (χ1v) is 11.9. The van der Waals surface area contributed by atoms with Gasteiger partial charge in [0.1, 0.15) is 0 Å². The molecule has 0 spiro atoms. The first-order valence-electron chi connectivity index (χ1n) is 10.9. The Morgan fingerprint density at radius 3 is 2.61 bits per heavy atom. The van der Waals surface area contributed by atoms with Crippen LogP contribution in [0.25, 0.3) is 11.6 Å². The topological polar surface area (TPSA) is 63.2 Å². The molecular formula is C22H25F3N6OS. The molecule has 11 heteroatoms. The zero-order valence-corrected chi connectivity index (χ0v) is 19.2. The lowest BCUT2D eigenvalue weighted by molar-refractivity contribution is -0.137. The molecular weight excluding hydrogens is 453 g/mol. The van der Waals surface area contributed by atoms with Gasteiger partial charge in [0.25, 0.3) is 0 Å². The third-order valence-electron chi connectivity index (χ3n) is 6.47. The smallest absolute Gasteiger partial charge is 0.416 e. The standard InChI is InChI=1S/C22H25F3N6OS/c1-14-19(32-13-26-14)20-27-28-21(29(20)2)33-9-3-8-30-10-15-11-31(18(15)12-30)17-6-4-16(5-7-17)22(23,24)25/h4-7,13,15,18H,3,8-12H2,1-2H3/t15-,18-/m1/s1. The highest BCUT2D eigenvalue weighted by Gasteiger charge is 2.45. The molecule has 0 unspecified atom stereocenters. The van der Waals surface area contributed by atoms with Crippen molar-refractivity contribution in [2.45, 2.75) is 30.7 Å². The van der Waals surface area contributed by atoms with Gasteiger partial charge >= 0.3 is 6.18 Å². The normalized spacial score (nSPS) is 20.8. The van der Waals surface area contributed by atoms with Crippen molar-refractivity contribution in [3.8, 4) is 11.6 Å². The predicted octanol–water partition coefficient (Wildman–Crippen LogP) is 4.10. The largest absolute Gasteiger partial charge is 0.440 e. The fourth-order valence-corrected chi connectivity index (χ4v) is 5.49. The first kappa shape index (κ1) is 22.3. The minimum Gasteiger partial charge on any atom is -0.440 e. The molecule has 0 amide bonds. The van der Waals surface area contributed by atoms with Crippen molar-refractivity contribution >= 4 is 17.4 Å². The van der Waals surface area contributed by atoms with Crippen molar-refractivity contribution in [1.82, 2.24) is 24.6 Å². The second-order valence-electron chi connectivity index (χ2n) is 8.62. The average Bonchev–Trinajstić information content (AvgIpc) is 3.44. The van der Waals surface area contributed by atoms with E-state index >= 15 is 0 Å². The van der Waals surface area contributed by atoms with Crippen LogP contribution in [-0.2, 0) is 13.2 Å². The molecule has 2 atom stereocenters. The molecule has 33 heavy (non-hydrogen) atoms. The number of alkyl halides is 3. The summed E-state index contributed by atoms with van der Waals surface area (Å²) in [5.74, 6) is 2.83. The Balaban J connectivity index is 1.09. The number of aromatic nitrogens is 4. The van der Waals surface area contributed by atoms with E-state index in [1.807, 2.05) is 18.5 Å². The number of nitrogens with zero attached hydrogens (tertiary/aromatic N) is 6. The zero-order chi connectivity index (χ0) is 23.2. The van der Waals surface area contributed by atoms with Crippen LogP contribution in [0.1, 0.15) is 17.7 Å². The van der Waals surface area contributed by atoms with Gasteiger partial charge < -0.3 is 18.8 Å². The molecule has 5 rings (SSSR count). The van der Waals surface area contributed by atoms with E-state index in [0.29, 0.717) is 23.5 Å². The first-order chi connectivity index (χ1) is 15.8. The lowest BCUT2D eigenvalue weighted by atomic mass is 9.91. The Hall–Kier alpha value is -2.53. The predicted molar refractivity (Wildman–Crippen MR) is 119 cm³/mol. The lowest BCUT2D eigenvalue weighted by Crippen LogP contribution is -2.55. The molecule has 2 aliphatic rings. The number of anilines is 1. The monoisotopic (exact) mass is 478 g/mol. The highest BCUT2D eigenvalue weighted by molar-refractivity contribution is 7.99. The zero-order valence-electron chi connectivity index (χ0n) is 18.4. The fraction of sp³-hybridized carbons (Fsp3) is 0.500. The van der Waals surface area contributed by atoms with Crippen molar-refractivity contribution in [3.05, 3.63) is 41.9 Å². The third-order valence-corrected chi connectivity index (χ3v) is 7.58. The van der Waals surface area contributed by atoms with E-state index < -0.39 is 11.7 Å². The molecule has 1 aromatic carbocycles. The van der Waals surface area contributed by atoms with Gasteiger partial charge in [-0.15, -0.1) is 10.2 Å². The number of rotatable bonds is 7. The van der Waals surface area contributed by atoms with Gasteiger partial charge in [-0.3, -0.25) is 0 Å². The van der Waals surface area contributed by atoms with E-state index in [4.69, 9.17) is 4.42 Å². The number of fused-ring (bicyclic) bond motifs is 1. The third kappa shape index (κ3) is 4.35. The SMILES string of the molecule is Cc1ncoc1-c1nnc(SCCCN2C[C@@H]3CN(c4ccc(C(F)(F)F)cc4)[C@@H]3C2)n1C. The van der Waals surface area contributed by atoms with Gasteiger partial charge in [0.15, 0.2) is 17.3 Å². The molecule has 0 N–H and O–H groups in total. The number of benzene rings is 1. The van der Waals surface area contributed by atoms with Crippen LogP contribution in [0.15, 0.2) is 40.2 Å². The van der Waals surface area contributed by atoms with Crippen LogP contribution in [0.3, 0.4) is 0 Å². The maximum atomic E-state index is 12.8. The summed E-state index contributed by atoms with van der Waals surface area (Å²) in [6, 6.07) is 5.92. The molecule has 2 aliphatic heterocycles. The van der Waals surface area contributed by atoms with Crippen LogP contribution in [0.5, 0.6) is 0 Å². The van der Waals surface area contributed by atoms with E-state index in [1.54, 1.807) is 23.9 Å². The van der Waals surface area contributed by atoms with E-state index in [-0.39, 0.29) is 0 Å². The van der Waals surface area contributed by atoms with E-state index in [2.05, 4.69) is 25.0 Å². The Bertz CT molecular complexity index is 1110. The van der Waals surface area contributed by atoms with Gasteiger partial charge in [-0.25, -0.2) is 4.98 Å². The van der Waals surface area contributed by atoms with Crippen molar-refractivity contribution in [1.29, 1.82) is 0 Å². The maximum Gasteiger partial charge on any atom is 0.416 e. The van der Waals surface area contributed by atoms with Crippen molar-refractivity contribution in [2.75, 3.05) is 36.8 Å². The molecule has 4 heterocycles. The van der Waals surface area contributed by atoms with Crippen LogP contribution in [-0.4, -0.2) is 62.6 Å². The molecule has 0 saturated carbocycles. The summed E-state index contributed by atoms with van der Waals surface area (Å²) in [5, 5.41) is 9.36. The summed E-state index contributed by atoms with van der Waals surface area (Å²) in [4.78, 5) is 8.80. The number of hydrogen-bond acceptors (Lipinski definition) is 7. The quantitative estimate of drug-likeness (QED) is 0.374. The molecule has 3 aromatic rings. The molecule has 2 fully saturated rings. The molecule has 176 valence electrons. The Morgan fingerprint density at radius 2 is 1.91 bits per heavy atom. The summed E-state index contributed by atoms with van der Waals surface area (Å²) in [5.41, 5.74) is 1.07. The molecule has 0 radical (unpaired) electrons. The Kier molecular flexibility index (Phi) is 5.86. The maximum absolute atomic E-state index is 12.8. The van der Waals surface area contributed by atoms with E-state index in [0.717, 1.165) is 54.9 Å². The van der Waals surface area contributed by atoms with Crippen LogP contribution >= 0.6 is 11.8 Å². The Morgan fingerprint density at radius 1 is 1.12 bits per heavy atom. The highest BCUT2D eigenvalue weighted by atomic mass is 32.2. The lowest BCUT2D eigenvalue weighted by Gasteiger charge is -2.45. The number of thioether (sulfide) groups is 1. The van der Waals surface area contributed by atoms with E-state index in [1.165, 1.54) is 18.5 Å². The summed E-state index contributed by atoms with van der Waals surface area (Å²) >= 11 is 1.67. The molecule has 2 saturated heterocycles. The highest BCUT2D eigenvalue weighted by Crippen LogP contribution is 2.38. The number of oxazole rings is 1. The number of halogens is 3. The van der Waals surface area contributed by atoms with Gasteiger partial charge in [-0.05, 0) is 44.2 Å². The number of aryl methyl sites for hydroxylation is 1. The molecule has 0 aliphatic carbocycles. The van der Waals surface area contributed by atoms with Crippen LogP contribution in [0.4, 0.5) is 18.9 Å².